The second-order valence-electron chi connectivity index (χ2n) is 5.75. The quantitative estimate of drug-likeness (QED) is 0.604. The van der Waals surface area contributed by atoms with Crippen LogP contribution in [-0.4, -0.2) is 46.7 Å². The highest BCUT2D eigenvalue weighted by Crippen LogP contribution is 2.29. The molecule has 1 unspecified atom stereocenters. The summed E-state index contributed by atoms with van der Waals surface area (Å²) >= 11 is 7.41. The van der Waals surface area contributed by atoms with Gasteiger partial charge in [-0.25, -0.2) is 0 Å². The average molecular weight is 381 g/mol. The summed E-state index contributed by atoms with van der Waals surface area (Å²) in [6.45, 7) is 2.05. The number of carboxylic acid groups (broad SMARTS) is 1. The zero-order chi connectivity index (χ0) is 17.8. The van der Waals surface area contributed by atoms with Crippen molar-refractivity contribution in [2.24, 2.45) is 10.2 Å². The third-order valence-corrected chi connectivity index (χ3v) is 5.29. The first-order chi connectivity index (χ1) is 12.0. The number of rotatable bonds is 5. The van der Waals surface area contributed by atoms with Gasteiger partial charge < -0.3 is 15.3 Å². The van der Waals surface area contributed by atoms with Gasteiger partial charge in [-0.2, -0.15) is 5.10 Å². The van der Waals surface area contributed by atoms with Crippen LogP contribution in [0, 0.1) is 0 Å². The molecular weight excluding hydrogens is 364 g/mol. The fourth-order valence-corrected chi connectivity index (χ4v) is 3.93. The third kappa shape index (κ3) is 4.52. The molecule has 1 aromatic rings. The summed E-state index contributed by atoms with van der Waals surface area (Å²) in [6, 6.07) is 5.71. The Morgan fingerprint density at radius 3 is 2.88 bits per heavy atom. The molecule has 2 heterocycles. The van der Waals surface area contributed by atoms with E-state index in [0.29, 0.717) is 10.2 Å². The van der Waals surface area contributed by atoms with Gasteiger partial charge in [-0.15, -0.1) is 5.10 Å². The zero-order valence-corrected chi connectivity index (χ0v) is 14.9. The van der Waals surface area contributed by atoms with Crippen molar-refractivity contribution in [3.63, 3.8) is 0 Å². The molecule has 0 spiro atoms. The van der Waals surface area contributed by atoms with E-state index in [9.17, 15) is 9.59 Å². The standard InChI is InChI=1S/C16H17ClN4O3S/c17-11-7-10(3-4-12(11)21-5-1-2-6-21)9-18-20-16-19-15(24)13(25-16)8-14(22)23/h3-4,7,9,13H,1-2,5-6,8H2,(H,22,23)(H,19,20,24). The normalized spacial score (nSPS) is 22.1. The number of thioether (sulfide) groups is 1. The van der Waals surface area contributed by atoms with Crippen LogP contribution < -0.4 is 10.2 Å². The lowest BCUT2D eigenvalue weighted by Crippen LogP contribution is -2.26. The molecule has 2 N–H and O–H groups in total. The van der Waals surface area contributed by atoms with Crippen LogP contribution in [0.2, 0.25) is 5.02 Å². The summed E-state index contributed by atoms with van der Waals surface area (Å²) < 4.78 is 0. The minimum atomic E-state index is -1.02. The van der Waals surface area contributed by atoms with E-state index in [-0.39, 0.29) is 12.3 Å². The van der Waals surface area contributed by atoms with Crippen molar-refractivity contribution in [3.05, 3.63) is 28.8 Å². The Bertz CT molecular complexity index is 747. The number of carbonyl (C=O) groups is 2. The second kappa shape index (κ2) is 7.88. The molecule has 0 radical (unpaired) electrons. The van der Waals surface area contributed by atoms with E-state index in [1.165, 1.54) is 12.8 Å². The maximum Gasteiger partial charge on any atom is 0.305 e. The Kier molecular flexibility index (Phi) is 5.60. The molecule has 9 heteroatoms. The van der Waals surface area contributed by atoms with Crippen LogP contribution in [-0.2, 0) is 9.59 Å². The molecule has 132 valence electrons. The van der Waals surface area contributed by atoms with Crippen LogP contribution in [0.5, 0.6) is 0 Å². The van der Waals surface area contributed by atoms with Gasteiger partial charge in [0.2, 0.25) is 5.91 Å². The average Bonchev–Trinajstić information content (AvgIpc) is 3.18. The van der Waals surface area contributed by atoms with Crippen LogP contribution in [0.3, 0.4) is 0 Å². The highest BCUT2D eigenvalue weighted by molar-refractivity contribution is 8.15. The number of halogens is 1. The summed E-state index contributed by atoms with van der Waals surface area (Å²) in [7, 11) is 0. The molecule has 0 bridgehead atoms. The monoisotopic (exact) mass is 380 g/mol. The van der Waals surface area contributed by atoms with Gasteiger partial charge in [0, 0.05) is 13.1 Å². The summed E-state index contributed by atoms with van der Waals surface area (Å²) in [5.74, 6) is -1.38. The lowest BCUT2D eigenvalue weighted by atomic mass is 10.2. The lowest BCUT2D eigenvalue weighted by Gasteiger charge is -2.19. The number of carboxylic acids is 1. The highest BCUT2D eigenvalue weighted by atomic mass is 35.5. The summed E-state index contributed by atoms with van der Waals surface area (Å²) in [4.78, 5) is 24.6. The first-order valence-corrected chi connectivity index (χ1v) is 9.13. The topological polar surface area (TPSA) is 94.4 Å². The summed E-state index contributed by atoms with van der Waals surface area (Å²) in [5, 5.41) is 19.4. The lowest BCUT2D eigenvalue weighted by molar-refractivity contribution is -0.138. The van der Waals surface area contributed by atoms with Crippen molar-refractivity contribution in [2.45, 2.75) is 24.5 Å². The number of nitrogens with one attached hydrogen (secondary N) is 1. The predicted molar refractivity (Wildman–Crippen MR) is 99.7 cm³/mol. The molecule has 2 aliphatic rings. The van der Waals surface area contributed by atoms with Gasteiger partial charge in [-0.05, 0) is 30.5 Å². The number of aliphatic carboxylic acids is 1. The van der Waals surface area contributed by atoms with Crippen molar-refractivity contribution < 1.29 is 14.7 Å². The molecule has 1 atom stereocenters. The summed E-state index contributed by atoms with van der Waals surface area (Å²) in [6.07, 6.45) is 3.67. The molecule has 1 aromatic carbocycles. The number of benzene rings is 1. The molecule has 2 saturated heterocycles. The highest BCUT2D eigenvalue weighted by Gasteiger charge is 2.32. The Morgan fingerprint density at radius 1 is 1.44 bits per heavy atom. The summed E-state index contributed by atoms with van der Waals surface area (Å²) in [5.41, 5.74) is 1.83. The van der Waals surface area contributed by atoms with Gasteiger partial charge in [0.1, 0.15) is 5.25 Å². The first-order valence-electron chi connectivity index (χ1n) is 7.88. The minimum absolute atomic E-state index is 0.243. The van der Waals surface area contributed by atoms with Crippen LogP contribution in [0.15, 0.2) is 28.4 Å². The molecule has 3 rings (SSSR count). The smallest absolute Gasteiger partial charge is 0.305 e. The van der Waals surface area contributed by atoms with E-state index in [1.807, 2.05) is 18.2 Å². The van der Waals surface area contributed by atoms with Crippen LogP contribution >= 0.6 is 23.4 Å². The Balaban J connectivity index is 1.63. The fraction of sp³-hybridized carbons (Fsp3) is 0.375. The zero-order valence-electron chi connectivity index (χ0n) is 13.3. The number of anilines is 1. The maximum atomic E-state index is 11.6. The van der Waals surface area contributed by atoms with Gasteiger partial charge >= 0.3 is 5.97 Å². The van der Waals surface area contributed by atoms with Crippen molar-refractivity contribution in [1.29, 1.82) is 0 Å². The minimum Gasteiger partial charge on any atom is -0.481 e. The number of amides is 1. The van der Waals surface area contributed by atoms with Gasteiger partial charge in [0.15, 0.2) is 5.17 Å². The van der Waals surface area contributed by atoms with Crippen molar-refractivity contribution >= 4 is 52.3 Å². The van der Waals surface area contributed by atoms with Crippen molar-refractivity contribution in [2.75, 3.05) is 18.0 Å². The maximum absolute atomic E-state index is 11.6. The number of nitrogens with zero attached hydrogens (tertiary/aromatic N) is 3. The van der Waals surface area contributed by atoms with Gasteiger partial charge in [-0.3, -0.25) is 9.59 Å². The molecule has 7 nitrogen and oxygen atoms in total. The Hall–Kier alpha value is -2.06. The fourth-order valence-electron chi connectivity index (χ4n) is 2.71. The van der Waals surface area contributed by atoms with Gasteiger partial charge in [0.05, 0.1) is 23.3 Å². The largest absolute Gasteiger partial charge is 0.481 e. The van der Waals surface area contributed by atoms with E-state index >= 15 is 0 Å². The van der Waals surface area contributed by atoms with E-state index in [4.69, 9.17) is 16.7 Å². The van der Waals surface area contributed by atoms with E-state index in [2.05, 4.69) is 20.4 Å². The van der Waals surface area contributed by atoms with E-state index < -0.39 is 11.2 Å². The number of hydrogen-bond donors (Lipinski definition) is 2. The van der Waals surface area contributed by atoms with Crippen LogP contribution in [0.25, 0.3) is 0 Å². The van der Waals surface area contributed by atoms with Crippen molar-refractivity contribution in [1.82, 2.24) is 5.32 Å². The molecule has 2 aliphatic heterocycles. The molecule has 0 aliphatic carbocycles. The molecular formula is C16H17ClN4O3S. The van der Waals surface area contributed by atoms with E-state index in [0.717, 1.165) is 36.1 Å². The van der Waals surface area contributed by atoms with Crippen LogP contribution in [0.1, 0.15) is 24.8 Å². The van der Waals surface area contributed by atoms with Gasteiger partial charge in [0.25, 0.3) is 0 Å². The van der Waals surface area contributed by atoms with E-state index in [1.54, 1.807) is 6.21 Å². The van der Waals surface area contributed by atoms with Crippen LogP contribution in [0.4, 0.5) is 5.69 Å². The molecule has 1 amide bonds. The number of amidine groups is 1. The molecule has 2 fully saturated rings. The number of carbonyl (C=O) groups excluding carboxylic acids is 1. The Labute approximate surface area is 154 Å². The second-order valence-corrected chi connectivity index (χ2v) is 7.35. The predicted octanol–water partition coefficient (Wildman–Crippen LogP) is 2.34. The molecule has 0 saturated carbocycles. The third-order valence-electron chi connectivity index (χ3n) is 3.91. The number of hydrogen-bond acceptors (Lipinski definition) is 6. The Morgan fingerprint density at radius 2 is 2.20 bits per heavy atom. The first kappa shape index (κ1) is 17.8. The van der Waals surface area contributed by atoms with Crippen molar-refractivity contribution in [3.8, 4) is 0 Å². The SMILES string of the molecule is O=C(O)CC1SC(=NN=Cc2ccc(N3CCCC3)c(Cl)c2)NC1=O. The molecule has 25 heavy (non-hydrogen) atoms. The van der Waals surface area contributed by atoms with Gasteiger partial charge in [-0.1, -0.05) is 29.4 Å². The molecule has 0 aromatic heterocycles.